The van der Waals surface area contributed by atoms with E-state index in [2.05, 4.69) is 0 Å². The van der Waals surface area contributed by atoms with E-state index in [4.69, 9.17) is 16.3 Å². The summed E-state index contributed by atoms with van der Waals surface area (Å²) in [6, 6.07) is 10.4. The molecule has 3 rings (SSSR count). The molecule has 1 aliphatic rings. The molecule has 2 aromatic rings. The molecule has 2 amide bonds. The van der Waals surface area contributed by atoms with Gasteiger partial charge in [-0.25, -0.2) is 9.69 Å². The van der Waals surface area contributed by atoms with Crippen LogP contribution >= 0.6 is 11.6 Å². The molecule has 0 aliphatic carbocycles. The number of fused-ring (bicyclic) bond motifs is 1. The van der Waals surface area contributed by atoms with Crippen LogP contribution in [0.25, 0.3) is 0 Å². The number of halogens is 1. The lowest BCUT2D eigenvalue weighted by atomic mass is 9.91. The summed E-state index contributed by atoms with van der Waals surface area (Å²) in [5.74, 6) is -1.97. The Labute approximate surface area is 167 Å². The number of amides is 2. The fraction of sp³-hybridized carbons (Fsp3) is 0.238. The molecular weight excluding hydrogens is 382 g/mol. The minimum absolute atomic E-state index is 0.0968. The topological polar surface area (TPSA) is 80.8 Å². The van der Waals surface area contributed by atoms with Crippen LogP contribution in [0.2, 0.25) is 5.02 Å². The third kappa shape index (κ3) is 3.68. The van der Waals surface area contributed by atoms with Gasteiger partial charge in [-0.05, 0) is 42.5 Å². The van der Waals surface area contributed by atoms with Gasteiger partial charge >= 0.3 is 5.97 Å². The molecule has 0 bridgehead atoms. The van der Waals surface area contributed by atoms with E-state index in [1.54, 1.807) is 45.0 Å². The van der Waals surface area contributed by atoms with Crippen molar-refractivity contribution in [2.24, 2.45) is 5.41 Å². The molecule has 0 atom stereocenters. The van der Waals surface area contributed by atoms with Gasteiger partial charge in [-0.2, -0.15) is 0 Å². The molecule has 0 saturated carbocycles. The third-order valence-electron chi connectivity index (χ3n) is 4.38. The highest BCUT2D eigenvalue weighted by Gasteiger charge is 2.37. The van der Waals surface area contributed by atoms with E-state index in [0.717, 1.165) is 4.90 Å². The Morgan fingerprint density at radius 1 is 0.964 bits per heavy atom. The average Bonchev–Trinajstić information content (AvgIpc) is 2.90. The Balaban J connectivity index is 1.82. The molecule has 2 aromatic carbocycles. The number of hydrogen-bond acceptors (Lipinski definition) is 5. The number of imide groups is 1. The summed E-state index contributed by atoms with van der Waals surface area (Å²) in [7, 11) is 0. The SMILES string of the molecule is CC(C)(C)C(=O)COC(=O)c1ccc2c(c1)C(=O)N(c1ccc(Cl)cc1)C2=O. The molecule has 0 fully saturated rings. The number of benzene rings is 2. The van der Waals surface area contributed by atoms with E-state index in [9.17, 15) is 19.2 Å². The first-order chi connectivity index (χ1) is 13.1. The van der Waals surface area contributed by atoms with Crippen molar-refractivity contribution in [3.63, 3.8) is 0 Å². The van der Waals surface area contributed by atoms with Gasteiger partial charge in [0.05, 0.1) is 22.4 Å². The van der Waals surface area contributed by atoms with Gasteiger partial charge in [0.25, 0.3) is 11.8 Å². The maximum absolute atomic E-state index is 12.7. The molecule has 28 heavy (non-hydrogen) atoms. The lowest BCUT2D eigenvalue weighted by molar-refractivity contribution is -0.129. The van der Waals surface area contributed by atoms with E-state index in [1.165, 1.54) is 18.2 Å². The molecule has 7 heteroatoms. The maximum Gasteiger partial charge on any atom is 0.338 e. The van der Waals surface area contributed by atoms with Gasteiger partial charge in [-0.1, -0.05) is 32.4 Å². The Kier molecular flexibility index (Phi) is 5.08. The average molecular weight is 400 g/mol. The number of esters is 1. The van der Waals surface area contributed by atoms with Gasteiger partial charge in [0.1, 0.15) is 0 Å². The van der Waals surface area contributed by atoms with E-state index in [0.29, 0.717) is 10.7 Å². The zero-order valence-electron chi connectivity index (χ0n) is 15.6. The number of rotatable bonds is 4. The fourth-order valence-electron chi connectivity index (χ4n) is 2.62. The van der Waals surface area contributed by atoms with Crippen molar-refractivity contribution in [2.75, 3.05) is 11.5 Å². The van der Waals surface area contributed by atoms with E-state index >= 15 is 0 Å². The molecule has 144 valence electrons. The quantitative estimate of drug-likeness (QED) is 0.575. The second-order valence-electron chi connectivity index (χ2n) is 7.43. The van der Waals surface area contributed by atoms with Crippen LogP contribution in [0, 0.1) is 5.41 Å². The van der Waals surface area contributed by atoms with Crippen molar-refractivity contribution in [2.45, 2.75) is 20.8 Å². The van der Waals surface area contributed by atoms with Gasteiger partial charge in [-0.3, -0.25) is 14.4 Å². The number of carbonyl (C=O) groups excluding carboxylic acids is 4. The van der Waals surface area contributed by atoms with Gasteiger partial charge in [0.15, 0.2) is 12.4 Å². The summed E-state index contributed by atoms with van der Waals surface area (Å²) in [6.07, 6.45) is 0. The Bertz CT molecular complexity index is 989. The fourth-order valence-corrected chi connectivity index (χ4v) is 2.75. The van der Waals surface area contributed by atoms with Crippen LogP contribution in [0.5, 0.6) is 0 Å². The van der Waals surface area contributed by atoms with Crippen LogP contribution in [-0.2, 0) is 9.53 Å². The van der Waals surface area contributed by atoms with E-state index in [-0.39, 0.29) is 29.1 Å². The lowest BCUT2D eigenvalue weighted by Gasteiger charge is -2.16. The van der Waals surface area contributed by atoms with Crippen LogP contribution in [0.4, 0.5) is 5.69 Å². The van der Waals surface area contributed by atoms with E-state index in [1.807, 2.05) is 0 Å². The first kappa shape index (κ1) is 19.8. The lowest BCUT2D eigenvalue weighted by Crippen LogP contribution is -2.29. The van der Waals surface area contributed by atoms with Crippen molar-refractivity contribution in [3.8, 4) is 0 Å². The molecule has 1 aliphatic heterocycles. The Morgan fingerprint density at radius 3 is 2.18 bits per heavy atom. The standard InChI is InChI=1S/C21H18ClNO5/c1-21(2,3)17(24)11-28-20(27)12-4-9-15-16(10-12)19(26)23(18(15)25)14-7-5-13(22)6-8-14/h4-10H,11H2,1-3H3. The number of nitrogens with zero attached hydrogens (tertiary/aromatic N) is 1. The zero-order chi connectivity index (χ0) is 20.6. The number of ketones is 1. The Morgan fingerprint density at radius 2 is 1.57 bits per heavy atom. The number of carbonyl (C=O) groups is 4. The van der Waals surface area contributed by atoms with Crippen molar-refractivity contribution >= 4 is 40.9 Å². The van der Waals surface area contributed by atoms with Crippen LogP contribution in [0.1, 0.15) is 51.8 Å². The van der Waals surface area contributed by atoms with Gasteiger partial charge in [-0.15, -0.1) is 0 Å². The smallest absolute Gasteiger partial charge is 0.338 e. The van der Waals surface area contributed by atoms with Crippen molar-refractivity contribution < 1.29 is 23.9 Å². The molecule has 0 unspecified atom stereocenters. The molecule has 0 radical (unpaired) electrons. The van der Waals surface area contributed by atoms with E-state index < -0.39 is 23.2 Å². The minimum atomic E-state index is -0.731. The molecular formula is C21H18ClNO5. The first-order valence-corrected chi connectivity index (χ1v) is 8.96. The highest BCUT2D eigenvalue weighted by Crippen LogP contribution is 2.30. The summed E-state index contributed by atoms with van der Waals surface area (Å²) in [6.45, 7) is 4.83. The van der Waals surface area contributed by atoms with Gasteiger partial charge < -0.3 is 4.74 Å². The van der Waals surface area contributed by atoms with Crippen molar-refractivity contribution in [1.82, 2.24) is 0 Å². The predicted octanol–water partition coefficient (Wildman–Crippen LogP) is 3.91. The third-order valence-corrected chi connectivity index (χ3v) is 4.63. The van der Waals surface area contributed by atoms with Crippen LogP contribution in [0.3, 0.4) is 0 Å². The van der Waals surface area contributed by atoms with Gasteiger partial charge in [0, 0.05) is 10.4 Å². The number of anilines is 1. The van der Waals surface area contributed by atoms with Gasteiger partial charge in [0.2, 0.25) is 0 Å². The predicted molar refractivity (Wildman–Crippen MR) is 104 cm³/mol. The summed E-state index contributed by atoms with van der Waals surface area (Å²) in [4.78, 5) is 50.5. The highest BCUT2D eigenvalue weighted by molar-refractivity contribution is 6.35. The van der Waals surface area contributed by atoms with Crippen LogP contribution < -0.4 is 4.90 Å². The molecule has 1 heterocycles. The highest BCUT2D eigenvalue weighted by atomic mass is 35.5. The molecule has 0 N–H and O–H groups in total. The largest absolute Gasteiger partial charge is 0.454 e. The number of ether oxygens (including phenoxy) is 1. The summed E-state index contributed by atoms with van der Waals surface area (Å²) >= 11 is 5.85. The monoisotopic (exact) mass is 399 g/mol. The minimum Gasteiger partial charge on any atom is -0.454 e. The Hall–Kier alpha value is -2.99. The molecule has 6 nitrogen and oxygen atoms in total. The first-order valence-electron chi connectivity index (χ1n) is 8.58. The normalized spacial score (nSPS) is 13.5. The maximum atomic E-state index is 12.7. The van der Waals surface area contributed by atoms with Crippen molar-refractivity contribution in [1.29, 1.82) is 0 Å². The van der Waals surface area contributed by atoms with Crippen LogP contribution in [0.15, 0.2) is 42.5 Å². The second kappa shape index (κ2) is 7.20. The summed E-state index contributed by atoms with van der Waals surface area (Å²) in [5.41, 5.74) is 0.161. The second-order valence-corrected chi connectivity index (χ2v) is 7.87. The number of Topliss-reactive ketones (excluding diaryl/α,β-unsaturated/α-hetero) is 1. The zero-order valence-corrected chi connectivity index (χ0v) is 16.4. The van der Waals surface area contributed by atoms with Crippen molar-refractivity contribution in [3.05, 3.63) is 64.2 Å². The molecule has 0 spiro atoms. The summed E-state index contributed by atoms with van der Waals surface area (Å²) < 4.78 is 5.05. The molecule has 0 saturated heterocycles. The molecule has 0 aromatic heterocycles. The summed E-state index contributed by atoms with van der Waals surface area (Å²) in [5, 5.41) is 0.482. The van der Waals surface area contributed by atoms with Crippen LogP contribution in [-0.4, -0.2) is 30.2 Å². The number of hydrogen-bond donors (Lipinski definition) is 0.